The van der Waals surface area contributed by atoms with Gasteiger partial charge in [0.15, 0.2) is 5.78 Å². The van der Waals surface area contributed by atoms with E-state index in [-0.39, 0.29) is 24.0 Å². The average Bonchev–Trinajstić information content (AvgIpc) is 2.72. The molecule has 0 aromatic rings. The molecule has 96 valence electrons. The van der Waals surface area contributed by atoms with Gasteiger partial charge in [0, 0.05) is 6.42 Å². The molecule has 2 fully saturated rings. The van der Waals surface area contributed by atoms with Crippen molar-refractivity contribution < 1.29 is 14.3 Å². The summed E-state index contributed by atoms with van der Waals surface area (Å²) >= 11 is 0. The first-order valence-electron chi connectivity index (χ1n) is 6.35. The van der Waals surface area contributed by atoms with Crippen molar-refractivity contribution in [3.8, 4) is 0 Å². The summed E-state index contributed by atoms with van der Waals surface area (Å²) in [7, 11) is 0. The number of ketones is 1. The van der Waals surface area contributed by atoms with Crippen molar-refractivity contribution in [2.45, 2.75) is 64.0 Å². The second kappa shape index (κ2) is 4.00. The Morgan fingerprint density at radius 1 is 1.29 bits per heavy atom. The van der Waals surface area contributed by atoms with Gasteiger partial charge in [0.25, 0.3) is 0 Å². The first-order chi connectivity index (χ1) is 7.82. The fourth-order valence-corrected chi connectivity index (χ4v) is 2.92. The molecule has 17 heavy (non-hydrogen) atoms. The van der Waals surface area contributed by atoms with Crippen LogP contribution in [-0.4, -0.2) is 34.5 Å². The van der Waals surface area contributed by atoms with E-state index in [0.717, 1.165) is 25.7 Å². The molecule has 0 aromatic heterocycles. The van der Waals surface area contributed by atoms with Crippen LogP contribution in [0.25, 0.3) is 0 Å². The Morgan fingerprint density at radius 2 is 1.88 bits per heavy atom. The van der Waals surface area contributed by atoms with Crippen molar-refractivity contribution >= 4 is 11.9 Å². The van der Waals surface area contributed by atoms with Gasteiger partial charge >= 0.3 is 6.09 Å². The molecule has 1 aliphatic carbocycles. The largest absolute Gasteiger partial charge is 0.444 e. The van der Waals surface area contributed by atoms with Gasteiger partial charge in [-0.25, -0.2) is 4.79 Å². The van der Waals surface area contributed by atoms with Crippen LogP contribution in [0.3, 0.4) is 0 Å². The highest BCUT2D eigenvalue weighted by atomic mass is 16.6. The Hall–Kier alpha value is -1.06. The van der Waals surface area contributed by atoms with Crippen molar-refractivity contribution in [1.29, 1.82) is 0 Å². The molecular formula is C13H21NO3. The summed E-state index contributed by atoms with van der Waals surface area (Å²) in [5.74, 6) is 0.165. The van der Waals surface area contributed by atoms with E-state index in [0.29, 0.717) is 6.42 Å². The third-order valence-corrected chi connectivity index (χ3v) is 3.58. The smallest absolute Gasteiger partial charge is 0.411 e. The summed E-state index contributed by atoms with van der Waals surface area (Å²) in [6.07, 6.45) is 4.28. The van der Waals surface area contributed by atoms with E-state index in [1.807, 2.05) is 20.8 Å². The second-order valence-electron chi connectivity index (χ2n) is 6.21. The normalized spacial score (nSPS) is 23.5. The molecule has 1 amide bonds. The Morgan fingerprint density at radius 3 is 2.41 bits per heavy atom. The average molecular weight is 239 g/mol. The predicted molar refractivity (Wildman–Crippen MR) is 63.8 cm³/mol. The summed E-state index contributed by atoms with van der Waals surface area (Å²) < 4.78 is 5.39. The Balaban J connectivity index is 2.13. The lowest BCUT2D eigenvalue weighted by atomic mass is 9.94. The fraction of sp³-hybridized carbons (Fsp3) is 0.846. The number of rotatable bonds is 0. The number of hydrogen-bond donors (Lipinski definition) is 0. The fourth-order valence-electron chi connectivity index (χ4n) is 2.92. The van der Waals surface area contributed by atoms with E-state index < -0.39 is 5.60 Å². The van der Waals surface area contributed by atoms with Crippen LogP contribution < -0.4 is 0 Å². The first kappa shape index (κ1) is 12.4. The highest BCUT2D eigenvalue weighted by Crippen LogP contribution is 2.42. The number of Topliss-reactive ketones (excluding diaryl/α,β-unsaturated/α-hetero) is 1. The molecule has 1 aliphatic heterocycles. The molecule has 2 rings (SSSR count). The summed E-state index contributed by atoms with van der Waals surface area (Å²) in [6.45, 7) is 5.78. The third kappa shape index (κ3) is 2.45. The monoisotopic (exact) mass is 239 g/mol. The Labute approximate surface area is 102 Å². The number of carbonyl (C=O) groups is 2. The van der Waals surface area contributed by atoms with Gasteiger partial charge in [-0.05, 0) is 33.6 Å². The SMILES string of the molecule is CC(C)(C)OC(=O)N1CC(=O)CC12CCCC2. The minimum Gasteiger partial charge on any atom is -0.444 e. The lowest BCUT2D eigenvalue weighted by Crippen LogP contribution is -2.47. The van der Waals surface area contributed by atoms with Gasteiger partial charge in [-0.15, -0.1) is 0 Å². The van der Waals surface area contributed by atoms with Crippen molar-refractivity contribution in [3.63, 3.8) is 0 Å². The van der Waals surface area contributed by atoms with E-state index >= 15 is 0 Å². The number of hydrogen-bond acceptors (Lipinski definition) is 3. The highest BCUT2D eigenvalue weighted by molar-refractivity contribution is 5.89. The molecule has 0 aromatic carbocycles. The van der Waals surface area contributed by atoms with E-state index in [4.69, 9.17) is 4.74 Å². The first-order valence-corrected chi connectivity index (χ1v) is 6.35. The van der Waals surface area contributed by atoms with Gasteiger partial charge < -0.3 is 4.74 Å². The molecule has 4 nitrogen and oxygen atoms in total. The molecule has 1 saturated heterocycles. The summed E-state index contributed by atoms with van der Waals surface area (Å²) in [5, 5.41) is 0. The zero-order valence-electron chi connectivity index (χ0n) is 10.9. The molecule has 0 bridgehead atoms. The van der Waals surface area contributed by atoms with Crippen LogP contribution in [0.1, 0.15) is 52.9 Å². The molecule has 0 atom stereocenters. The molecule has 0 N–H and O–H groups in total. The van der Waals surface area contributed by atoms with Crippen molar-refractivity contribution in [3.05, 3.63) is 0 Å². The lowest BCUT2D eigenvalue weighted by molar-refractivity contribution is -0.117. The zero-order chi connectivity index (χ0) is 12.7. The van der Waals surface area contributed by atoms with Gasteiger partial charge in [-0.1, -0.05) is 12.8 Å². The second-order valence-corrected chi connectivity index (χ2v) is 6.21. The van der Waals surface area contributed by atoms with Crippen LogP contribution in [0.15, 0.2) is 0 Å². The topological polar surface area (TPSA) is 46.6 Å². The maximum absolute atomic E-state index is 12.1. The van der Waals surface area contributed by atoms with Gasteiger partial charge in [0.2, 0.25) is 0 Å². The summed E-state index contributed by atoms with van der Waals surface area (Å²) in [6, 6.07) is 0. The van der Waals surface area contributed by atoms with Crippen LogP contribution in [-0.2, 0) is 9.53 Å². The van der Waals surface area contributed by atoms with E-state index in [9.17, 15) is 9.59 Å². The van der Waals surface area contributed by atoms with Crippen LogP contribution in [0.5, 0.6) is 0 Å². The van der Waals surface area contributed by atoms with Crippen molar-refractivity contribution in [1.82, 2.24) is 4.90 Å². The maximum atomic E-state index is 12.1. The molecule has 1 saturated carbocycles. The zero-order valence-corrected chi connectivity index (χ0v) is 10.9. The lowest BCUT2D eigenvalue weighted by Gasteiger charge is -2.35. The van der Waals surface area contributed by atoms with Gasteiger partial charge in [-0.3, -0.25) is 9.69 Å². The quantitative estimate of drug-likeness (QED) is 0.652. The molecular weight excluding hydrogens is 218 g/mol. The number of ether oxygens (including phenoxy) is 1. The molecule has 2 aliphatic rings. The minimum atomic E-state index is -0.498. The number of likely N-dealkylation sites (tertiary alicyclic amines) is 1. The van der Waals surface area contributed by atoms with E-state index in [2.05, 4.69) is 0 Å². The van der Waals surface area contributed by atoms with E-state index in [1.165, 1.54) is 0 Å². The Bertz CT molecular complexity index is 337. The number of carbonyl (C=O) groups excluding carboxylic acids is 2. The summed E-state index contributed by atoms with van der Waals surface area (Å²) in [4.78, 5) is 25.4. The van der Waals surface area contributed by atoms with Crippen molar-refractivity contribution in [2.24, 2.45) is 0 Å². The molecule has 1 spiro atoms. The van der Waals surface area contributed by atoms with E-state index in [1.54, 1.807) is 4.90 Å². The molecule has 1 heterocycles. The Kier molecular flexibility index (Phi) is 2.92. The molecule has 4 heteroatoms. The minimum absolute atomic E-state index is 0.165. The van der Waals surface area contributed by atoms with Crippen molar-refractivity contribution in [2.75, 3.05) is 6.54 Å². The highest BCUT2D eigenvalue weighted by Gasteiger charge is 2.50. The van der Waals surface area contributed by atoms with Crippen LogP contribution in [0.4, 0.5) is 4.79 Å². The number of amides is 1. The number of nitrogens with zero attached hydrogens (tertiary/aromatic N) is 1. The van der Waals surface area contributed by atoms with Gasteiger partial charge in [0.05, 0.1) is 12.1 Å². The van der Waals surface area contributed by atoms with Gasteiger partial charge in [-0.2, -0.15) is 0 Å². The third-order valence-electron chi connectivity index (χ3n) is 3.58. The van der Waals surface area contributed by atoms with Gasteiger partial charge in [0.1, 0.15) is 5.60 Å². The maximum Gasteiger partial charge on any atom is 0.411 e. The molecule has 0 radical (unpaired) electrons. The summed E-state index contributed by atoms with van der Waals surface area (Å²) in [5.41, 5.74) is -0.720. The van der Waals surface area contributed by atoms with Crippen LogP contribution in [0.2, 0.25) is 0 Å². The van der Waals surface area contributed by atoms with Crippen LogP contribution >= 0.6 is 0 Å². The van der Waals surface area contributed by atoms with Crippen LogP contribution in [0, 0.1) is 0 Å². The molecule has 0 unspecified atom stereocenters. The predicted octanol–water partition coefficient (Wildman–Crippen LogP) is 2.51. The standard InChI is InChI=1S/C13H21NO3/c1-12(2,3)17-11(16)14-9-10(15)8-13(14)6-4-5-7-13/h4-9H2,1-3H3.